The molecular formula is C21H24ClNO5. The summed E-state index contributed by atoms with van der Waals surface area (Å²) in [6.07, 6.45) is 2.77. The fraction of sp³-hybridized carbons (Fsp3) is 0.333. The SMILES string of the molecule is CCOc1c(Cl)cc(/C=C/C(=O)OCC(=O)c2cc(C)n(C)c2C)cc1OC. The molecule has 0 saturated heterocycles. The molecule has 0 aliphatic heterocycles. The molecule has 28 heavy (non-hydrogen) atoms. The van der Waals surface area contributed by atoms with E-state index in [1.165, 1.54) is 19.3 Å². The summed E-state index contributed by atoms with van der Waals surface area (Å²) >= 11 is 6.21. The zero-order chi connectivity index (χ0) is 20.8. The minimum Gasteiger partial charge on any atom is -0.493 e. The molecular weight excluding hydrogens is 382 g/mol. The van der Waals surface area contributed by atoms with Crippen LogP contribution in [-0.2, 0) is 16.6 Å². The number of rotatable bonds is 8. The summed E-state index contributed by atoms with van der Waals surface area (Å²) in [6.45, 7) is 5.74. The van der Waals surface area contributed by atoms with Crippen molar-refractivity contribution in [2.45, 2.75) is 20.8 Å². The molecule has 2 rings (SSSR count). The van der Waals surface area contributed by atoms with Crippen LogP contribution in [-0.4, -0.2) is 36.6 Å². The molecule has 0 saturated carbocycles. The van der Waals surface area contributed by atoms with E-state index in [0.29, 0.717) is 34.3 Å². The van der Waals surface area contributed by atoms with Crippen LogP contribution in [0.3, 0.4) is 0 Å². The largest absolute Gasteiger partial charge is 0.493 e. The zero-order valence-corrected chi connectivity index (χ0v) is 17.4. The van der Waals surface area contributed by atoms with E-state index in [0.717, 1.165) is 11.4 Å². The Balaban J connectivity index is 2.02. The summed E-state index contributed by atoms with van der Waals surface area (Å²) < 4.78 is 17.7. The lowest BCUT2D eigenvalue weighted by Gasteiger charge is -2.11. The highest BCUT2D eigenvalue weighted by atomic mass is 35.5. The van der Waals surface area contributed by atoms with Gasteiger partial charge in [0.1, 0.15) is 0 Å². The molecule has 0 fully saturated rings. The molecule has 0 radical (unpaired) electrons. The Morgan fingerprint density at radius 1 is 1.21 bits per heavy atom. The molecule has 0 N–H and O–H groups in total. The van der Waals surface area contributed by atoms with Gasteiger partial charge < -0.3 is 18.8 Å². The Hall–Kier alpha value is -2.73. The number of ketones is 1. The second-order valence-electron chi connectivity index (χ2n) is 6.18. The highest BCUT2D eigenvalue weighted by molar-refractivity contribution is 6.32. The number of benzene rings is 1. The van der Waals surface area contributed by atoms with E-state index >= 15 is 0 Å². The van der Waals surface area contributed by atoms with Crippen molar-refractivity contribution in [2.75, 3.05) is 20.3 Å². The van der Waals surface area contributed by atoms with Crippen LogP contribution in [0.15, 0.2) is 24.3 Å². The lowest BCUT2D eigenvalue weighted by atomic mass is 10.1. The van der Waals surface area contributed by atoms with Gasteiger partial charge in [-0.1, -0.05) is 11.6 Å². The number of hydrogen-bond donors (Lipinski definition) is 0. The number of methoxy groups -OCH3 is 1. The van der Waals surface area contributed by atoms with Crippen molar-refractivity contribution in [1.82, 2.24) is 4.57 Å². The normalized spacial score (nSPS) is 10.9. The number of esters is 1. The van der Waals surface area contributed by atoms with Crippen molar-refractivity contribution in [3.8, 4) is 11.5 Å². The molecule has 150 valence electrons. The third-order valence-corrected chi connectivity index (χ3v) is 4.65. The smallest absolute Gasteiger partial charge is 0.331 e. The average molecular weight is 406 g/mol. The Morgan fingerprint density at radius 3 is 2.50 bits per heavy atom. The zero-order valence-electron chi connectivity index (χ0n) is 16.7. The number of carbonyl (C=O) groups is 2. The number of aryl methyl sites for hydroxylation is 1. The second-order valence-corrected chi connectivity index (χ2v) is 6.58. The van der Waals surface area contributed by atoms with Gasteiger partial charge in [0, 0.05) is 30.1 Å². The molecule has 0 aliphatic rings. The lowest BCUT2D eigenvalue weighted by Crippen LogP contribution is -2.13. The predicted molar refractivity (Wildman–Crippen MR) is 108 cm³/mol. The van der Waals surface area contributed by atoms with Crippen LogP contribution in [0.25, 0.3) is 6.08 Å². The van der Waals surface area contributed by atoms with Crippen molar-refractivity contribution in [3.05, 3.63) is 51.8 Å². The maximum atomic E-state index is 12.3. The van der Waals surface area contributed by atoms with Gasteiger partial charge in [-0.3, -0.25) is 4.79 Å². The van der Waals surface area contributed by atoms with E-state index in [4.69, 9.17) is 25.8 Å². The van der Waals surface area contributed by atoms with E-state index in [-0.39, 0.29) is 12.4 Å². The van der Waals surface area contributed by atoms with Crippen molar-refractivity contribution in [1.29, 1.82) is 0 Å². The van der Waals surface area contributed by atoms with Gasteiger partial charge in [-0.05, 0) is 50.6 Å². The number of carbonyl (C=O) groups excluding carboxylic acids is 2. The Bertz CT molecular complexity index is 914. The first-order valence-corrected chi connectivity index (χ1v) is 9.17. The molecule has 6 nitrogen and oxygen atoms in total. The van der Waals surface area contributed by atoms with E-state index in [9.17, 15) is 9.59 Å². The van der Waals surface area contributed by atoms with Crippen LogP contribution in [0.2, 0.25) is 5.02 Å². The summed E-state index contributed by atoms with van der Waals surface area (Å²) in [6, 6.07) is 5.14. The lowest BCUT2D eigenvalue weighted by molar-refractivity contribution is -0.136. The van der Waals surface area contributed by atoms with Crippen molar-refractivity contribution in [3.63, 3.8) is 0 Å². The number of nitrogens with zero attached hydrogens (tertiary/aromatic N) is 1. The first-order valence-electron chi connectivity index (χ1n) is 8.79. The molecule has 7 heteroatoms. The predicted octanol–water partition coefficient (Wildman–Crippen LogP) is 4.14. The molecule has 0 spiro atoms. The summed E-state index contributed by atoms with van der Waals surface area (Å²) in [5, 5.41) is 0.374. The first kappa shape index (κ1) is 21.6. The second kappa shape index (κ2) is 9.46. The fourth-order valence-electron chi connectivity index (χ4n) is 2.68. The molecule has 0 aliphatic carbocycles. The number of ether oxygens (including phenoxy) is 3. The van der Waals surface area contributed by atoms with Gasteiger partial charge in [0.25, 0.3) is 0 Å². The third-order valence-electron chi connectivity index (χ3n) is 4.37. The third kappa shape index (κ3) is 4.95. The highest BCUT2D eigenvalue weighted by Crippen LogP contribution is 2.36. The molecule has 0 amide bonds. The van der Waals surface area contributed by atoms with E-state index in [1.54, 1.807) is 18.2 Å². The minimum atomic E-state index is -0.623. The van der Waals surface area contributed by atoms with Crippen LogP contribution in [0.4, 0.5) is 0 Å². The summed E-state index contributed by atoms with van der Waals surface area (Å²) in [7, 11) is 3.39. The molecule has 0 atom stereocenters. The summed E-state index contributed by atoms with van der Waals surface area (Å²) in [5.74, 6) is 0.0503. The minimum absolute atomic E-state index is 0.242. The molecule has 0 bridgehead atoms. The van der Waals surface area contributed by atoms with Crippen LogP contribution < -0.4 is 9.47 Å². The van der Waals surface area contributed by atoms with Crippen molar-refractivity contribution >= 4 is 29.4 Å². The Morgan fingerprint density at radius 2 is 1.93 bits per heavy atom. The number of halogens is 1. The molecule has 1 aromatic heterocycles. The molecule has 1 heterocycles. The van der Waals surface area contributed by atoms with Crippen molar-refractivity contribution < 1.29 is 23.8 Å². The van der Waals surface area contributed by atoms with Crippen LogP contribution in [0.1, 0.15) is 34.2 Å². The first-order chi connectivity index (χ1) is 13.3. The van der Waals surface area contributed by atoms with Gasteiger partial charge in [0.05, 0.1) is 18.7 Å². The van der Waals surface area contributed by atoms with E-state index < -0.39 is 5.97 Å². The maximum Gasteiger partial charge on any atom is 0.331 e. The monoisotopic (exact) mass is 405 g/mol. The van der Waals surface area contributed by atoms with Gasteiger partial charge in [0.15, 0.2) is 18.1 Å². The van der Waals surface area contributed by atoms with E-state index in [1.807, 2.05) is 32.4 Å². The fourth-order valence-corrected chi connectivity index (χ4v) is 2.96. The summed E-state index contributed by atoms with van der Waals surface area (Å²) in [4.78, 5) is 24.2. The van der Waals surface area contributed by atoms with Gasteiger partial charge in [-0.25, -0.2) is 4.79 Å². The van der Waals surface area contributed by atoms with Gasteiger partial charge in [-0.2, -0.15) is 0 Å². The van der Waals surface area contributed by atoms with Gasteiger partial charge in [-0.15, -0.1) is 0 Å². The van der Waals surface area contributed by atoms with Crippen LogP contribution >= 0.6 is 11.6 Å². The molecule has 2 aromatic rings. The summed E-state index contributed by atoms with van der Waals surface area (Å²) in [5.41, 5.74) is 3.00. The van der Waals surface area contributed by atoms with Gasteiger partial charge in [0.2, 0.25) is 5.78 Å². The average Bonchev–Trinajstić information content (AvgIpc) is 2.93. The quantitative estimate of drug-likeness (QED) is 0.375. The van der Waals surface area contributed by atoms with Crippen LogP contribution in [0, 0.1) is 13.8 Å². The van der Waals surface area contributed by atoms with Gasteiger partial charge >= 0.3 is 5.97 Å². The maximum absolute atomic E-state index is 12.3. The number of aromatic nitrogens is 1. The van der Waals surface area contributed by atoms with Crippen molar-refractivity contribution in [2.24, 2.45) is 7.05 Å². The van der Waals surface area contributed by atoms with Crippen LogP contribution in [0.5, 0.6) is 11.5 Å². The topological polar surface area (TPSA) is 66.8 Å². The molecule has 0 unspecified atom stereocenters. The number of Topliss-reactive ketones (excluding diaryl/α,β-unsaturated/α-hetero) is 1. The molecule has 1 aromatic carbocycles. The number of hydrogen-bond acceptors (Lipinski definition) is 5. The Labute approximate surface area is 169 Å². The van der Waals surface area contributed by atoms with E-state index in [2.05, 4.69) is 0 Å². The highest BCUT2D eigenvalue weighted by Gasteiger charge is 2.15. The standard InChI is InChI=1S/C21H24ClNO5/c1-6-27-21-17(22)10-15(11-19(21)26-5)7-8-20(25)28-12-18(24)16-9-13(2)23(4)14(16)3/h7-11H,6,12H2,1-5H3/b8-7+. The Kier molecular flexibility index (Phi) is 7.29.